The van der Waals surface area contributed by atoms with Crippen LogP contribution in [0, 0.1) is 40.4 Å². The van der Waals surface area contributed by atoms with E-state index in [0.29, 0.717) is 13.2 Å². The Kier molecular flexibility index (Phi) is 6.92. The molecule has 8 heteroatoms. The first kappa shape index (κ1) is 26.9. The maximum atomic E-state index is 12.4. The molecular weight excluding hydrogens is 476 g/mol. The number of hydrogen-bond donors (Lipinski definition) is 0. The molecule has 0 amide bonds. The minimum absolute atomic E-state index is 0.0138. The second kappa shape index (κ2) is 9.51. The van der Waals surface area contributed by atoms with Crippen LogP contribution in [0.25, 0.3) is 0 Å². The molecule has 0 aromatic heterocycles. The minimum atomic E-state index is -0.713. The fourth-order valence-corrected chi connectivity index (χ4v) is 9.73. The summed E-state index contributed by atoms with van der Waals surface area (Å²) < 4.78 is 30.3. The minimum Gasteiger partial charge on any atom is -0.463 e. The molecule has 5 aliphatic rings. The molecule has 5 fully saturated rings. The van der Waals surface area contributed by atoms with Gasteiger partial charge in [0.25, 0.3) is 0 Å². The summed E-state index contributed by atoms with van der Waals surface area (Å²) in [6.07, 6.45) is 5.34. The van der Waals surface area contributed by atoms with Crippen molar-refractivity contribution in [2.75, 3.05) is 13.2 Å². The summed E-state index contributed by atoms with van der Waals surface area (Å²) in [7, 11) is 0. The summed E-state index contributed by atoms with van der Waals surface area (Å²) in [5.74, 6) is -0.545. The van der Waals surface area contributed by atoms with Crippen molar-refractivity contribution >= 4 is 17.9 Å². The van der Waals surface area contributed by atoms with Gasteiger partial charge in [0.1, 0.15) is 18.3 Å². The number of fused-ring (bicyclic) bond motifs is 5. The van der Waals surface area contributed by atoms with Crippen LogP contribution in [0.4, 0.5) is 0 Å². The molecule has 5 rings (SSSR count). The van der Waals surface area contributed by atoms with Crippen LogP contribution in [0.5, 0.6) is 0 Å². The number of hydrogen-bond acceptors (Lipinski definition) is 8. The van der Waals surface area contributed by atoms with E-state index in [9.17, 15) is 14.4 Å². The predicted molar refractivity (Wildman–Crippen MR) is 133 cm³/mol. The molecule has 8 nitrogen and oxygen atoms in total. The van der Waals surface area contributed by atoms with Crippen LogP contribution in [0.2, 0.25) is 0 Å². The van der Waals surface area contributed by atoms with Gasteiger partial charge < -0.3 is 23.7 Å². The second-order valence-corrected chi connectivity index (χ2v) is 12.9. The van der Waals surface area contributed by atoms with Crippen molar-refractivity contribution in [1.82, 2.24) is 0 Å². The number of carbonyl (C=O) groups is 3. The Balaban J connectivity index is 1.54. The SMILES string of the molecule is CC(=O)O[C@@H]1CC[C@@]2(C)[C@@H](C1)C[C@@H](OC(C)=O)[C@@H]1[C@@H]2C[C@H](OC(C)=O)[C@]2(C)[C@@H](C3(C)OCCO3)CC[C@@H]12. The highest BCUT2D eigenvalue weighted by Crippen LogP contribution is 2.70. The van der Waals surface area contributed by atoms with Crippen LogP contribution >= 0.6 is 0 Å². The topological polar surface area (TPSA) is 97.4 Å². The molecule has 0 spiro atoms. The van der Waals surface area contributed by atoms with Crippen molar-refractivity contribution in [3.8, 4) is 0 Å². The number of esters is 3. The summed E-state index contributed by atoms with van der Waals surface area (Å²) in [6, 6.07) is 0. The van der Waals surface area contributed by atoms with Gasteiger partial charge >= 0.3 is 17.9 Å². The Hall–Kier alpha value is -1.67. The highest BCUT2D eigenvalue weighted by molar-refractivity contribution is 5.67. The third kappa shape index (κ3) is 4.40. The summed E-state index contributed by atoms with van der Waals surface area (Å²) in [4.78, 5) is 36.5. The molecule has 4 aliphatic carbocycles. The number of ether oxygens (including phenoxy) is 5. The van der Waals surface area contributed by atoms with E-state index < -0.39 is 5.79 Å². The van der Waals surface area contributed by atoms with Crippen molar-refractivity contribution in [2.24, 2.45) is 40.4 Å². The molecule has 208 valence electrons. The third-order valence-electron chi connectivity index (χ3n) is 11.1. The highest BCUT2D eigenvalue weighted by Gasteiger charge is 2.70. The number of carbonyl (C=O) groups excluding carboxylic acids is 3. The van der Waals surface area contributed by atoms with Crippen LogP contribution in [0.3, 0.4) is 0 Å². The average Bonchev–Trinajstić information content (AvgIpc) is 3.39. The van der Waals surface area contributed by atoms with Crippen molar-refractivity contribution in [1.29, 1.82) is 0 Å². The fourth-order valence-electron chi connectivity index (χ4n) is 9.73. The molecule has 0 radical (unpaired) electrons. The Morgan fingerprint density at radius 3 is 2.03 bits per heavy atom. The van der Waals surface area contributed by atoms with Gasteiger partial charge in [0.05, 0.1) is 13.2 Å². The van der Waals surface area contributed by atoms with E-state index in [1.807, 2.05) is 6.92 Å². The Bertz CT molecular complexity index is 927. The first-order chi connectivity index (χ1) is 17.4. The molecule has 10 atom stereocenters. The molecule has 1 aliphatic heterocycles. The molecule has 4 saturated carbocycles. The highest BCUT2D eigenvalue weighted by atomic mass is 16.7. The quantitative estimate of drug-likeness (QED) is 0.397. The molecule has 1 heterocycles. The molecule has 37 heavy (non-hydrogen) atoms. The van der Waals surface area contributed by atoms with E-state index in [1.54, 1.807) is 0 Å². The summed E-state index contributed by atoms with van der Waals surface area (Å²) in [5, 5.41) is 0. The molecule has 0 unspecified atom stereocenters. The zero-order valence-corrected chi connectivity index (χ0v) is 23.2. The molecule has 1 saturated heterocycles. The fraction of sp³-hybridized carbons (Fsp3) is 0.897. The molecule has 0 N–H and O–H groups in total. The number of rotatable bonds is 4. The molecule has 0 aromatic carbocycles. The average molecular weight is 521 g/mol. The lowest BCUT2D eigenvalue weighted by molar-refractivity contribution is -0.257. The van der Waals surface area contributed by atoms with Gasteiger partial charge in [0, 0.05) is 38.0 Å². The van der Waals surface area contributed by atoms with Crippen molar-refractivity contribution in [2.45, 2.75) is 111 Å². The van der Waals surface area contributed by atoms with Crippen molar-refractivity contribution in [3.63, 3.8) is 0 Å². The monoisotopic (exact) mass is 520 g/mol. The van der Waals surface area contributed by atoms with Gasteiger partial charge in [0.15, 0.2) is 5.79 Å². The summed E-state index contributed by atoms with van der Waals surface area (Å²) in [5.41, 5.74) is -0.373. The first-order valence-corrected chi connectivity index (χ1v) is 14.2. The molecule has 0 aromatic rings. The molecular formula is C29H44O8. The Morgan fingerprint density at radius 1 is 0.757 bits per heavy atom. The van der Waals surface area contributed by atoms with Crippen LogP contribution in [0.15, 0.2) is 0 Å². The lowest BCUT2D eigenvalue weighted by Gasteiger charge is -2.64. The van der Waals surface area contributed by atoms with Gasteiger partial charge in [-0.25, -0.2) is 0 Å². The smallest absolute Gasteiger partial charge is 0.302 e. The van der Waals surface area contributed by atoms with Crippen molar-refractivity contribution < 1.29 is 38.1 Å². The zero-order valence-electron chi connectivity index (χ0n) is 23.2. The summed E-state index contributed by atoms with van der Waals surface area (Å²) in [6.45, 7) is 12.2. The third-order valence-corrected chi connectivity index (χ3v) is 11.1. The summed E-state index contributed by atoms with van der Waals surface area (Å²) >= 11 is 0. The van der Waals surface area contributed by atoms with E-state index >= 15 is 0 Å². The normalized spacial score (nSPS) is 46.2. The Morgan fingerprint density at radius 2 is 1.41 bits per heavy atom. The first-order valence-electron chi connectivity index (χ1n) is 14.2. The van der Waals surface area contributed by atoms with Crippen LogP contribution in [-0.4, -0.2) is 55.2 Å². The lowest BCUT2D eigenvalue weighted by Crippen LogP contribution is -2.64. The van der Waals surface area contributed by atoms with Crippen LogP contribution < -0.4 is 0 Å². The largest absolute Gasteiger partial charge is 0.463 e. The van der Waals surface area contributed by atoms with Gasteiger partial charge in [-0.15, -0.1) is 0 Å². The van der Waals surface area contributed by atoms with E-state index in [-0.39, 0.29) is 76.6 Å². The van der Waals surface area contributed by atoms with Gasteiger partial charge in [-0.2, -0.15) is 0 Å². The van der Waals surface area contributed by atoms with Crippen LogP contribution in [0.1, 0.15) is 86.5 Å². The van der Waals surface area contributed by atoms with Gasteiger partial charge in [-0.05, 0) is 75.0 Å². The second-order valence-electron chi connectivity index (χ2n) is 12.9. The standard InChI is InChI=1S/C29H44O8/c1-16(30)35-20-9-10-27(4)19(13-20)14-23(36-17(2)31)26-21-7-8-24(29(6)33-11-12-34-29)28(21,5)25(15-22(26)27)37-18(3)32/h19-26H,7-15H2,1-6H3/t19-,20+,21-,22-,23+,24-,25-,26-,27-,28-/m0/s1. The molecule has 0 bridgehead atoms. The van der Waals surface area contributed by atoms with E-state index in [2.05, 4.69) is 13.8 Å². The van der Waals surface area contributed by atoms with E-state index in [4.69, 9.17) is 23.7 Å². The zero-order chi connectivity index (χ0) is 26.8. The van der Waals surface area contributed by atoms with Crippen LogP contribution in [-0.2, 0) is 38.1 Å². The maximum absolute atomic E-state index is 12.4. The van der Waals surface area contributed by atoms with Gasteiger partial charge in [0.2, 0.25) is 0 Å². The van der Waals surface area contributed by atoms with Crippen molar-refractivity contribution in [3.05, 3.63) is 0 Å². The Labute approximate surface area is 220 Å². The van der Waals surface area contributed by atoms with Gasteiger partial charge in [-0.1, -0.05) is 13.8 Å². The lowest BCUT2D eigenvalue weighted by atomic mass is 9.43. The van der Waals surface area contributed by atoms with E-state index in [1.165, 1.54) is 20.8 Å². The van der Waals surface area contributed by atoms with Gasteiger partial charge in [-0.3, -0.25) is 14.4 Å². The van der Waals surface area contributed by atoms with E-state index in [0.717, 1.165) is 44.9 Å². The predicted octanol–water partition coefficient (Wildman–Crippen LogP) is 4.42. The maximum Gasteiger partial charge on any atom is 0.302 e.